The molecule has 1 aromatic carbocycles. The maximum Gasteiger partial charge on any atom is 0.270 e. The number of fused-ring (bicyclic) bond motifs is 1. The van der Waals surface area contributed by atoms with Gasteiger partial charge in [-0.3, -0.25) is 10.1 Å². The van der Waals surface area contributed by atoms with Gasteiger partial charge in [0.25, 0.3) is 11.6 Å². The van der Waals surface area contributed by atoms with Crippen LogP contribution in [0.2, 0.25) is 0 Å². The van der Waals surface area contributed by atoms with E-state index in [0.717, 1.165) is 0 Å². The van der Waals surface area contributed by atoms with Crippen molar-refractivity contribution in [3.63, 3.8) is 0 Å². The smallest absolute Gasteiger partial charge is 0.270 e. The fourth-order valence-corrected chi connectivity index (χ4v) is 1.28. The molecule has 0 bridgehead atoms. The number of nitrogens with zero attached hydrogens (tertiary/aromatic N) is 2. The number of hydrogen-bond donors (Lipinski definition) is 1. The van der Waals surface area contributed by atoms with Gasteiger partial charge in [-0.05, 0) is 11.2 Å². The van der Waals surface area contributed by atoms with Crippen LogP contribution in [0.25, 0.3) is 11.0 Å². The first kappa shape index (κ1) is 10.4. The highest BCUT2D eigenvalue weighted by Crippen LogP contribution is 2.28. The second kappa shape index (κ2) is 4.15. The van der Waals surface area contributed by atoms with Crippen molar-refractivity contribution in [2.45, 2.75) is 0 Å². The minimum absolute atomic E-state index is 0.0340. The van der Waals surface area contributed by atoms with E-state index >= 15 is 0 Å². The number of nitro benzene ring substituents is 1. The zero-order chi connectivity index (χ0) is 11.5. The third kappa shape index (κ3) is 1.80. The minimum atomic E-state index is -0.487. The number of benzene rings is 1. The summed E-state index contributed by atoms with van der Waals surface area (Å²) in [5, 5.41) is 14.7. The quantitative estimate of drug-likeness (QED) is 0.614. The predicted octanol–water partition coefficient (Wildman–Crippen LogP) is 1.07. The summed E-state index contributed by atoms with van der Waals surface area (Å²) in [6.07, 6.45) is 0. The van der Waals surface area contributed by atoms with Crippen LogP contribution in [0.4, 0.5) is 5.69 Å². The summed E-state index contributed by atoms with van der Waals surface area (Å²) < 4.78 is 10.1. The van der Waals surface area contributed by atoms with Crippen LogP contribution < -0.4 is 10.5 Å². The molecule has 0 fully saturated rings. The van der Waals surface area contributed by atoms with Gasteiger partial charge in [0.05, 0.1) is 10.3 Å². The number of aromatic nitrogens is 1. The molecule has 2 rings (SSSR count). The van der Waals surface area contributed by atoms with E-state index in [2.05, 4.69) is 5.16 Å². The summed E-state index contributed by atoms with van der Waals surface area (Å²) in [6, 6.07) is 4.19. The Balaban J connectivity index is 2.43. The lowest BCUT2D eigenvalue weighted by molar-refractivity contribution is -0.384. The van der Waals surface area contributed by atoms with Gasteiger partial charge in [0.15, 0.2) is 5.58 Å². The molecule has 0 atom stereocenters. The molecule has 16 heavy (non-hydrogen) atoms. The Morgan fingerprint density at radius 2 is 2.38 bits per heavy atom. The first-order chi connectivity index (χ1) is 7.72. The standard InChI is InChI=1S/C9H9N3O4/c10-3-4-15-9-7-5-6(12(13)14)1-2-8(7)16-11-9/h1-2,5H,3-4,10H2. The fourth-order valence-electron chi connectivity index (χ4n) is 1.28. The van der Waals surface area contributed by atoms with Gasteiger partial charge in [-0.1, -0.05) is 0 Å². The van der Waals surface area contributed by atoms with E-state index in [1.165, 1.54) is 18.2 Å². The summed E-state index contributed by atoms with van der Waals surface area (Å²) in [7, 11) is 0. The van der Waals surface area contributed by atoms with Crippen LogP contribution in [0.1, 0.15) is 0 Å². The van der Waals surface area contributed by atoms with Crippen LogP contribution in [0.5, 0.6) is 5.88 Å². The Hall–Kier alpha value is -2.15. The summed E-state index contributed by atoms with van der Waals surface area (Å²) in [5.74, 6) is 0.226. The van der Waals surface area contributed by atoms with E-state index in [1.807, 2.05) is 0 Å². The number of rotatable bonds is 4. The Labute approximate surface area is 89.9 Å². The molecule has 0 saturated carbocycles. The van der Waals surface area contributed by atoms with E-state index in [0.29, 0.717) is 17.5 Å². The molecular weight excluding hydrogens is 214 g/mol. The highest BCUT2D eigenvalue weighted by molar-refractivity contribution is 5.84. The molecule has 0 unspecified atom stereocenters. The molecule has 84 valence electrons. The third-order valence-electron chi connectivity index (χ3n) is 1.99. The SMILES string of the molecule is NCCOc1noc2ccc([N+](=O)[O-])cc12. The second-order valence-electron chi connectivity index (χ2n) is 3.06. The van der Waals surface area contributed by atoms with Gasteiger partial charge in [0.1, 0.15) is 6.61 Å². The molecule has 0 aliphatic heterocycles. The van der Waals surface area contributed by atoms with E-state index in [9.17, 15) is 10.1 Å². The second-order valence-corrected chi connectivity index (χ2v) is 3.06. The molecule has 0 amide bonds. The van der Waals surface area contributed by atoms with Crippen LogP contribution in [-0.2, 0) is 0 Å². The highest BCUT2D eigenvalue weighted by Gasteiger charge is 2.14. The molecule has 7 heteroatoms. The molecule has 2 N–H and O–H groups in total. The van der Waals surface area contributed by atoms with Crippen LogP contribution in [-0.4, -0.2) is 23.2 Å². The van der Waals surface area contributed by atoms with Crippen molar-refractivity contribution in [3.8, 4) is 5.88 Å². The number of nitrogens with two attached hydrogens (primary N) is 1. The van der Waals surface area contributed by atoms with Gasteiger partial charge in [-0.25, -0.2) is 0 Å². The number of non-ortho nitro benzene ring substituents is 1. The maximum absolute atomic E-state index is 10.6. The average molecular weight is 223 g/mol. The van der Waals surface area contributed by atoms with Crippen molar-refractivity contribution < 1.29 is 14.2 Å². The number of ether oxygens (including phenoxy) is 1. The zero-order valence-corrected chi connectivity index (χ0v) is 8.25. The lowest BCUT2D eigenvalue weighted by atomic mass is 10.2. The zero-order valence-electron chi connectivity index (χ0n) is 8.25. The van der Waals surface area contributed by atoms with Crippen molar-refractivity contribution in [2.24, 2.45) is 5.73 Å². The van der Waals surface area contributed by atoms with Crippen molar-refractivity contribution in [1.82, 2.24) is 5.16 Å². The van der Waals surface area contributed by atoms with Gasteiger partial charge in [0, 0.05) is 18.7 Å². The Morgan fingerprint density at radius 1 is 1.56 bits per heavy atom. The first-order valence-corrected chi connectivity index (χ1v) is 4.59. The van der Waals surface area contributed by atoms with Crippen molar-refractivity contribution >= 4 is 16.7 Å². The maximum atomic E-state index is 10.6. The van der Waals surface area contributed by atoms with E-state index < -0.39 is 4.92 Å². The van der Waals surface area contributed by atoms with Crippen molar-refractivity contribution in [1.29, 1.82) is 0 Å². The largest absolute Gasteiger partial charge is 0.474 e. The summed E-state index contributed by atoms with van der Waals surface area (Å²) in [4.78, 5) is 10.1. The summed E-state index contributed by atoms with van der Waals surface area (Å²) in [6.45, 7) is 0.619. The summed E-state index contributed by atoms with van der Waals surface area (Å²) in [5.41, 5.74) is 5.68. The number of hydrogen-bond acceptors (Lipinski definition) is 6. The molecule has 7 nitrogen and oxygen atoms in total. The van der Waals surface area contributed by atoms with Gasteiger partial charge < -0.3 is 15.0 Å². The normalized spacial score (nSPS) is 10.6. The average Bonchev–Trinajstić information content (AvgIpc) is 2.68. The Bertz CT molecular complexity index is 522. The van der Waals surface area contributed by atoms with E-state index in [4.69, 9.17) is 15.0 Å². The van der Waals surface area contributed by atoms with Crippen LogP contribution in [0, 0.1) is 10.1 Å². The molecule has 0 radical (unpaired) electrons. The summed E-state index contributed by atoms with van der Waals surface area (Å²) >= 11 is 0. The lowest BCUT2D eigenvalue weighted by Gasteiger charge is -1.98. The lowest BCUT2D eigenvalue weighted by Crippen LogP contribution is -2.10. The number of nitro groups is 1. The topological polar surface area (TPSA) is 104 Å². The molecule has 1 heterocycles. The minimum Gasteiger partial charge on any atom is -0.474 e. The fraction of sp³-hybridized carbons (Fsp3) is 0.222. The van der Waals surface area contributed by atoms with Crippen LogP contribution in [0.3, 0.4) is 0 Å². The van der Waals surface area contributed by atoms with Gasteiger partial charge in [-0.2, -0.15) is 0 Å². The van der Waals surface area contributed by atoms with E-state index in [1.54, 1.807) is 0 Å². The molecule has 1 aromatic heterocycles. The molecule has 2 aromatic rings. The van der Waals surface area contributed by atoms with Gasteiger partial charge in [0.2, 0.25) is 0 Å². The van der Waals surface area contributed by atoms with Gasteiger partial charge >= 0.3 is 0 Å². The van der Waals surface area contributed by atoms with E-state index in [-0.39, 0.29) is 18.2 Å². The van der Waals surface area contributed by atoms with Gasteiger partial charge in [-0.15, -0.1) is 0 Å². The van der Waals surface area contributed by atoms with Crippen LogP contribution >= 0.6 is 0 Å². The molecule has 0 aliphatic carbocycles. The first-order valence-electron chi connectivity index (χ1n) is 4.59. The van der Waals surface area contributed by atoms with Crippen molar-refractivity contribution in [3.05, 3.63) is 28.3 Å². The predicted molar refractivity (Wildman–Crippen MR) is 55.2 cm³/mol. The molecule has 0 spiro atoms. The Morgan fingerprint density at radius 3 is 3.06 bits per heavy atom. The third-order valence-corrected chi connectivity index (χ3v) is 1.99. The van der Waals surface area contributed by atoms with Crippen molar-refractivity contribution in [2.75, 3.05) is 13.2 Å². The molecule has 0 saturated heterocycles. The molecular formula is C9H9N3O4. The molecule has 0 aliphatic rings. The van der Waals surface area contributed by atoms with Crippen LogP contribution in [0.15, 0.2) is 22.7 Å². The Kier molecular flexibility index (Phi) is 2.69. The highest BCUT2D eigenvalue weighted by atomic mass is 16.6. The monoisotopic (exact) mass is 223 g/mol.